The van der Waals surface area contributed by atoms with Crippen molar-refractivity contribution in [1.29, 1.82) is 0 Å². The van der Waals surface area contributed by atoms with Gasteiger partial charge in [-0.2, -0.15) is 11.8 Å². The van der Waals surface area contributed by atoms with E-state index in [0.717, 1.165) is 33.5 Å². The third-order valence-electron chi connectivity index (χ3n) is 4.18. The van der Waals surface area contributed by atoms with Crippen LogP contribution >= 0.6 is 11.8 Å². The molecule has 0 saturated heterocycles. The molecule has 0 bridgehead atoms. The zero-order chi connectivity index (χ0) is 17.9. The third kappa shape index (κ3) is 3.28. The molecule has 0 fully saturated rings. The summed E-state index contributed by atoms with van der Waals surface area (Å²) >= 11 is 1.69. The normalized spacial score (nSPS) is 11.1. The largest absolute Gasteiger partial charge is 0.323 e. The second-order valence-corrected chi connectivity index (χ2v) is 6.87. The first-order chi connectivity index (χ1) is 12.7. The summed E-state index contributed by atoms with van der Waals surface area (Å²) in [5, 5.41) is 3.95. The number of nitrogens with one attached hydrogen (secondary N) is 1. The van der Waals surface area contributed by atoms with Crippen LogP contribution in [0.1, 0.15) is 5.82 Å². The molecule has 4 aromatic rings. The fourth-order valence-electron chi connectivity index (χ4n) is 3.02. The molecule has 26 heavy (non-hydrogen) atoms. The van der Waals surface area contributed by atoms with Crippen LogP contribution < -0.4 is 5.32 Å². The SMILES string of the molecule is CSCc1nc2ccccc2n1CC(=O)Nc1cnc2ccccc2c1. The van der Waals surface area contributed by atoms with E-state index in [9.17, 15) is 4.79 Å². The molecule has 0 aliphatic carbocycles. The summed E-state index contributed by atoms with van der Waals surface area (Å²) in [7, 11) is 0. The highest BCUT2D eigenvalue weighted by Gasteiger charge is 2.13. The van der Waals surface area contributed by atoms with Crippen molar-refractivity contribution in [3.63, 3.8) is 0 Å². The molecule has 4 rings (SSSR count). The number of imidazole rings is 1. The van der Waals surface area contributed by atoms with Gasteiger partial charge in [-0.15, -0.1) is 0 Å². The van der Waals surface area contributed by atoms with Crippen LogP contribution in [-0.2, 0) is 17.1 Å². The highest BCUT2D eigenvalue weighted by Crippen LogP contribution is 2.20. The van der Waals surface area contributed by atoms with Crippen LogP contribution in [-0.4, -0.2) is 26.7 Å². The number of carbonyl (C=O) groups excluding carboxylic acids is 1. The molecule has 2 heterocycles. The number of anilines is 1. The Morgan fingerprint density at radius 1 is 1.12 bits per heavy atom. The smallest absolute Gasteiger partial charge is 0.244 e. The molecule has 0 spiro atoms. The number of hydrogen-bond donors (Lipinski definition) is 1. The van der Waals surface area contributed by atoms with Gasteiger partial charge in [-0.1, -0.05) is 30.3 Å². The van der Waals surface area contributed by atoms with Gasteiger partial charge in [-0.25, -0.2) is 4.98 Å². The lowest BCUT2D eigenvalue weighted by Gasteiger charge is -2.10. The van der Waals surface area contributed by atoms with Crippen molar-refractivity contribution in [3.05, 3.63) is 66.6 Å². The van der Waals surface area contributed by atoms with E-state index in [-0.39, 0.29) is 12.5 Å². The summed E-state index contributed by atoms with van der Waals surface area (Å²) in [6.07, 6.45) is 3.72. The van der Waals surface area contributed by atoms with Gasteiger partial charge >= 0.3 is 0 Å². The molecular formula is C20H18N4OS. The molecule has 1 N–H and O–H groups in total. The molecule has 0 atom stereocenters. The number of aromatic nitrogens is 3. The maximum absolute atomic E-state index is 12.6. The second-order valence-electron chi connectivity index (χ2n) is 6.00. The molecule has 2 aromatic carbocycles. The highest BCUT2D eigenvalue weighted by molar-refractivity contribution is 7.97. The van der Waals surface area contributed by atoms with Crippen molar-refractivity contribution < 1.29 is 4.79 Å². The number of thioether (sulfide) groups is 1. The Hall–Kier alpha value is -2.86. The summed E-state index contributed by atoms with van der Waals surface area (Å²) in [6.45, 7) is 0.225. The summed E-state index contributed by atoms with van der Waals surface area (Å²) in [5.41, 5.74) is 3.50. The van der Waals surface area contributed by atoms with Crippen molar-refractivity contribution in [2.45, 2.75) is 12.3 Å². The molecule has 6 heteroatoms. The van der Waals surface area contributed by atoms with Crippen LogP contribution in [0.3, 0.4) is 0 Å². The molecule has 1 amide bonds. The monoisotopic (exact) mass is 362 g/mol. The van der Waals surface area contributed by atoms with Crippen molar-refractivity contribution in [2.24, 2.45) is 0 Å². The van der Waals surface area contributed by atoms with Gasteiger partial charge in [0, 0.05) is 5.39 Å². The predicted molar refractivity (Wildman–Crippen MR) is 107 cm³/mol. The minimum absolute atomic E-state index is 0.0902. The number of benzene rings is 2. The molecule has 2 aromatic heterocycles. The highest BCUT2D eigenvalue weighted by atomic mass is 32.2. The first kappa shape index (κ1) is 16.6. The zero-order valence-corrected chi connectivity index (χ0v) is 15.2. The minimum atomic E-state index is -0.0902. The molecule has 130 valence electrons. The van der Waals surface area contributed by atoms with Crippen LogP contribution in [0.15, 0.2) is 60.8 Å². The maximum atomic E-state index is 12.6. The summed E-state index contributed by atoms with van der Waals surface area (Å²) in [6, 6.07) is 17.7. The van der Waals surface area contributed by atoms with Gasteiger partial charge in [0.1, 0.15) is 12.4 Å². The predicted octanol–water partition coefficient (Wildman–Crippen LogP) is 4.09. The van der Waals surface area contributed by atoms with E-state index < -0.39 is 0 Å². The van der Waals surface area contributed by atoms with Gasteiger partial charge in [0.05, 0.1) is 34.2 Å². The van der Waals surface area contributed by atoms with Crippen LogP contribution in [0.5, 0.6) is 0 Å². The Kier molecular flexibility index (Phi) is 4.58. The number of fused-ring (bicyclic) bond motifs is 2. The van der Waals surface area contributed by atoms with E-state index in [2.05, 4.69) is 15.3 Å². The van der Waals surface area contributed by atoms with Crippen molar-refractivity contribution in [3.8, 4) is 0 Å². The van der Waals surface area contributed by atoms with E-state index >= 15 is 0 Å². The van der Waals surface area contributed by atoms with Gasteiger partial charge in [-0.3, -0.25) is 9.78 Å². The van der Waals surface area contributed by atoms with Crippen molar-refractivity contribution in [1.82, 2.24) is 14.5 Å². The first-order valence-electron chi connectivity index (χ1n) is 8.32. The first-order valence-corrected chi connectivity index (χ1v) is 9.72. The minimum Gasteiger partial charge on any atom is -0.323 e. The third-order valence-corrected chi connectivity index (χ3v) is 4.73. The van der Waals surface area contributed by atoms with Crippen LogP contribution in [0.25, 0.3) is 21.9 Å². The second kappa shape index (κ2) is 7.17. The fourth-order valence-corrected chi connectivity index (χ4v) is 3.50. The number of nitrogens with zero attached hydrogens (tertiary/aromatic N) is 3. The molecule has 0 aliphatic rings. The maximum Gasteiger partial charge on any atom is 0.244 e. The Balaban J connectivity index is 1.59. The van der Waals surface area contributed by atoms with Gasteiger partial charge in [0.2, 0.25) is 5.91 Å². The lowest BCUT2D eigenvalue weighted by molar-refractivity contribution is -0.116. The standard InChI is InChI=1S/C20H18N4OS/c1-26-13-19-23-17-8-4-5-9-18(17)24(19)12-20(25)22-15-10-14-6-2-3-7-16(14)21-11-15/h2-11H,12-13H2,1H3,(H,22,25). The number of hydrogen-bond acceptors (Lipinski definition) is 4. The fraction of sp³-hybridized carbons (Fsp3) is 0.150. The van der Waals surface area contributed by atoms with Crippen LogP contribution in [0, 0.1) is 0 Å². The quantitative estimate of drug-likeness (QED) is 0.581. The molecular weight excluding hydrogens is 344 g/mol. The number of pyridine rings is 1. The number of rotatable bonds is 5. The van der Waals surface area contributed by atoms with Gasteiger partial charge in [0.15, 0.2) is 0 Å². The summed E-state index contributed by atoms with van der Waals surface area (Å²) < 4.78 is 1.98. The average Bonchev–Trinajstić information content (AvgIpc) is 2.99. The lowest BCUT2D eigenvalue weighted by atomic mass is 10.2. The van der Waals surface area contributed by atoms with Gasteiger partial charge in [-0.05, 0) is 30.5 Å². The summed E-state index contributed by atoms with van der Waals surface area (Å²) in [5.74, 6) is 1.58. The van der Waals surface area contributed by atoms with E-state index in [1.807, 2.05) is 65.4 Å². The Bertz CT molecular complexity index is 1090. The summed E-state index contributed by atoms with van der Waals surface area (Å²) in [4.78, 5) is 21.7. The van der Waals surface area contributed by atoms with E-state index in [0.29, 0.717) is 5.69 Å². The molecule has 0 aliphatic heterocycles. The van der Waals surface area contributed by atoms with Gasteiger partial charge in [0.25, 0.3) is 0 Å². The Labute approximate surface area is 155 Å². The lowest BCUT2D eigenvalue weighted by Crippen LogP contribution is -2.20. The Morgan fingerprint density at radius 3 is 2.73 bits per heavy atom. The Morgan fingerprint density at radius 2 is 1.88 bits per heavy atom. The zero-order valence-electron chi connectivity index (χ0n) is 14.3. The van der Waals surface area contributed by atoms with E-state index in [1.165, 1.54) is 0 Å². The van der Waals surface area contributed by atoms with Crippen molar-refractivity contribution >= 4 is 45.3 Å². The number of para-hydroxylation sites is 3. The topological polar surface area (TPSA) is 59.8 Å². The average molecular weight is 362 g/mol. The number of amides is 1. The van der Waals surface area contributed by atoms with E-state index in [1.54, 1.807) is 18.0 Å². The molecule has 0 saturated carbocycles. The van der Waals surface area contributed by atoms with E-state index in [4.69, 9.17) is 0 Å². The number of carbonyl (C=O) groups is 1. The molecule has 5 nitrogen and oxygen atoms in total. The van der Waals surface area contributed by atoms with Crippen molar-refractivity contribution in [2.75, 3.05) is 11.6 Å². The van der Waals surface area contributed by atoms with Crippen LogP contribution in [0.4, 0.5) is 5.69 Å². The van der Waals surface area contributed by atoms with Gasteiger partial charge < -0.3 is 9.88 Å². The molecule has 0 unspecified atom stereocenters. The van der Waals surface area contributed by atoms with Crippen LogP contribution in [0.2, 0.25) is 0 Å². The molecule has 0 radical (unpaired) electrons.